The van der Waals surface area contributed by atoms with E-state index in [0.29, 0.717) is 15.8 Å². The number of fused-ring (bicyclic) bond motifs is 3. The summed E-state index contributed by atoms with van der Waals surface area (Å²) in [4.78, 5) is 38.4. The predicted octanol–water partition coefficient (Wildman–Crippen LogP) is 3.26. The summed E-state index contributed by atoms with van der Waals surface area (Å²) < 4.78 is 29.9. The number of carbonyl (C=O) groups is 3. The summed E-state index contributed by atoms with van der Waals surface area (Å²) in [5.74, 6) is -1.15. The number of ether oxygens (including phenoxy) is 5. The Morgan fingerprint density at radius 2 is 1.73 bits per heavy atom. The van der Waals surface area contributed by atoms with Crippen molar-refractivity contribution in [1.29, 1.82) is 0 Å². The largest absolute Gasteiger partial charge is 0.497 e. The number of aromatic hydroxyl groups is 1. The Hall–Kier alpha value is -4.16. The number of carbonyl (C=O) groups excluding carboxylic acids is 3. The Morgan fingerprint density at radius 1 is 1.02 bits per heavy atom. The molecule has 0 spiro atoms. The highest BCUT2D eigenvalue weighted by atomic mass is 32.1. The van der Waals surface area contributed by atoms with Crippen molar-refractivity contribution in [3.05, 3.63) is 54.6 Å². The molecule has 0 unspecified atom stereocenters. The summed E-state index contributed by atoms with van der Waals surface area (Å²) in [6.07, 6.45) is -3.85. The van der Waals surface area contributed by atoms with Crippen molar-refractivity contribution in [2.45, 2.75) is 51.4 Å². The van der Waals surface area contributed by atoms with Crippen molar-refractivity contribution < 1.29 is 47.7 Å². The molecule has 2 aromatic carbocycles. The average molecular weight is 570 g/mol. The number of aromatic nitrogens is 1. The van der Waals surface area contributed by atoms with Gasteiger partial charge >= 0.3 is 28.9 Å². The fourth-order valence-electron chi connectivity index (χ4n) is 5.11. The summed E-state index contributed by atoms with van der Waals surface area (Å²) in [5, 5.41) is 12.2. The zero-order chi connectivity index (χ0) is 28.6. The molecule has 11 nitrogen and oxygen atoms in total. The van der Waals surface area contributed by atoms with E-state index in [1.165, 1.54) is 32.1 Å². The molecule has 3 aromatic rings. The molecule has 5 atom stereocenters. The van der Waals surface area contributed by atoms with Crippen LogP contribution in [0.15, 0.2) is 54.6 Å². The number of rotatable bonds is 8. The molecular formula is C28H29N2O9S+. The summed E-state index contributed by atoms with van der Waals surface area (Å²) in [6.45, 7) is 3.43. The van der Waals surface area contributed by atoms with E-state index in [0.717, 1.165) is 11.3 Å². The van der Waals surface area contributed by atoms with Gasteiger partial charge in [-0.15, -0.1) is 0 Å². The second-order valence-electron chi connectivity index (χ2n) is 9.35. The van der Waals surface area contributed by atoms with Gasteiger partial charge in [0.05, 0.1) is 7.11 Å². The van der Waals surface area contributed by atoms with Crippen LogP contribution >= 0.6 is 11.3 Å². The molecule has 2 aliphatic rings. The minimum absolute atomic E-state index is 0.0253. The Morgan fingerprint density at radius 3 is 2.33 bits per heavy atom. The molecule has 210 valence electrons. The maximum Gasteiger partial charge on any atom is 0.347 e. The lowest BCUT2D eigenvalue weighted by molar-refractivity contribution is -0.707. The number of benzene rings is 2. The lowest BCUT2D eigenvalue weighted by Gasteiger charge is -2.27. The van der Waals surface area contributed by atoms with E-state index >= 15 is 0 Å². The molecule has 0 radical (unpaired) electrons. The van der Waals surface area contributed by atoms with Crippen LogP contribution in [0.1, 0.15) is 26.8 Å². The van der Waals surface area contributed by atoms with Crippen LogP contribution in [-0.2, 0) is 33.3 Å². The molecule has 12 heteroatoms. The second-order valence-corrected chi connectivity index (χ2v) is 10.3. The van der Waals surface area contributed by atoms with Crippen LogP contribution in [0.2, 0.25) is 0 Å². The van der Waals surface area contributed by atoms with Crippen LogP contribution in [0.3, 0.4) is 0 Å². The van der Waals surface area contributed by atoms with Crippen molar-refractivity contribution in [3.8, 4) is 22.1 Å². The van der Waals surface area contributed by atoms with Crippen LogP contribution in [0, 0.1) is 0 Å². The number of esters is 3. The quantitative estimate of drug-likeness (QED) is 0.246. The SMILES string of the molecule is COc1ccc(N2c3sc(-c4ccccc4)c(O)[n+]3[C@@H]3[C@@H](OC(C)=O)[C@@H]([C@@H](COC(C)=O)OC(C)=O)O[C@@H]32)cc1. The van der Waals surface area contributed by atoms with Gasteiger partial charge in [-0.2, -0.15) is 9.47 Å². The number of nitrogens with zero attached hydrogens (tertiary/aromatic N) is 2. The molecule has 0 saturated carbocycles. The Balaban J connectivity index is 1.64. The van der Waals surface area contributed by atoms with E-state index in [9.17, 15) is 19.5 Å². The Bertz CT molecular complexity index is 1410. The van der Waals surface area contributed by atoms with Crippen LogP contribution in [0.25, 0.3) is 10.4 Å². The molecule has 1 aromatic heterocycles. The van der Waals surface area contributed by atoms with Gasteiger partial charge in [0.15, 0.2) is 12.2 Å². The number of anilines is 2. The lowest BCUT2D eigenvalue weighted by Crippen LogP contribution is -2.50. The fraction of sp³-hybridized carbons (Fsp3) is 0.357. The van der Waals surface area contributed by atoms with Gasteiger partial charge in [-0.25, -0.2) is 0 Å². The maximum absolute atomic E-state index is 12.3. The van der Waals surface area contributed by atoms with Crippen LogP contribution in [-0.4, -0.2) is 61.3 Å². The third-order valence-corrected chi connectivity index (χ3v) is 7.86. The van der Waals surface area contributed by atoms with Crippen molar-refractivity contribution in [3.63, 3.8) is 0 Å². The summed E-state index contributed by atoms with van der Waals surface area (Å²) >= 11 is 1.36. The highest BCUT2D eigenvalue weighted by molar-refractivity contribution is 7.18. The van der Waals surface area contributed by atoms with Crippen LogP contribution in [0.4, 0.5) is 10.8 Å². The molecular weight excluding hydrogens is 540 g/mol. The highest BCUT2D eigenvalue weighted by Gasteiger charge is 2.65. The summed E-state index contributed by atoms with van der Waals surface area (Å²) in [5.41, 5.74) is 1.54. The van der Waals surface area contributed by atoms with Crippen LogP contribution in [0.5, 0.6) is 11.6 Å². The molecule has 40 heavy (non-hydrogen) atoms. The smallest absolute Gasteiger partial charge is 0.347 e. The first-order valence-corrected chi connectivity index (χ1v) is 13.4. The van der Waals surface area contributed by atoms with Gasteiger partial charge in [0.1, 0.15) is 29.0 Å². The van der Waals surface area contributed by atoms with Gasteiger partial charge < -0.3 is 28.8 Å². The van der Waals surface area contributed by atoms with E-state index in [1.807, 2.05) is 47.4 Å². The fourth-order valence-corrected chi connectivity index (χ4v) is 6.35. The number of methoxy groups -OCH3 is 1. The summed E-state index contributed by atoms with van der Waals surface area (Å²) in [7, 11) is 1.57. The molecule has 0 aliphatic carbocycles. The number of hydrogen-bond donors (Lipinski definition) is 1. The summed E-state index contributed by atoms with van der Waals surface area (Å²) in [6, 6.07) is 16.0. The van der Waals surface area contributed by atoms with Crippen molar-refractivity contribution in [2.75, 3.05) is 18.6 Å². The zero-order valence-corrected chi connectivity index (χ0v) is 23.1. The van der Waals surface area contributed by atoms with Crippen molar-refractivity contribution >= 4 is 40.1 Å². The molecule has 5 rings (SSSR count). The molecule has 0 bridgehead atoms. The minimum Gasteiger partial charge on any atom is -0.497 e. The number of hydrogen-bond acceptors (Lipinski definition) is 11. The monoisotopic (exact) mass is 569 g/mol. The van der Waals surface area contributed by atoms with Gasteiger partial charge in [0, 0.05) is 20.8 Å². The first-order chi connectivity index (χ1) is 19.2. The van der Waals surface area contributed by atoms with Gasteiger partial charge in [-0.05, 0) is 41.2 Å². The standard InChI is InChI=1S/C28H28N2O9S/c1-15(31)36-14-21(37-16(2)32)23-24(38-17(3)33)22-27(39-23)29(19-10-12-20(35-4)13-11-19)28-30(22)26(34)25(40-28)18-8-6-5-7-9-18/h5-13,21-24,27H,14H2,1-4H3/p+1/t21-,22-,23-,24-,27+/m1/s1. The highest BCUT2D eigenvalue weighted by Crippen LogP contribution is 2.51. The van der Waals surface area contributed by atoms with Gasteiger partial charge in [-0.1, -0.05) is 30.3 Å². The first-order valence-electron chi connectivity index (χ1n) is 12.6. The minimum atomic E-state index is -1.08. The zero-order valence-electron chi connectivity index (χ0n) is 22.3. The molecule has 1 N–H and O–H groups in total. The topological polar surface area (TPSA) is 125 Å². The molecule has 1 saturated heterocycles. The van der Waals surface area contributed by atoms with E-state index in [1.54, 1.807) is 23.8 Å². The Kier molecular flexibility index (Phi) is 7.63. The van der Waals surface area contributed by atoms with Crippen molar-refractivity contribution in [1.82, 2.24) is 0 Å². The third kappa shape index (κ3) is 5.07. The Labute approximate surface area is 234 Å². The van der Waals surface area contributed by atoms with Gasteiger partial charge in [0.25, 0.3) is 0 Å². The third-order valence-electron chi connectivity index (χ3n) is 6.66. The number of thiazole rings is 1. The maximum atomic E-state index is 12.3. The van der Waals surface area contributed by atoms with Gasteiger partial charge in [0.2, 0.25) is 12.3 Å². The molecule has 0 amide bonds. The molecule has 1 fully saturated rings. The lowest BCUT2D eigenvalue weighted by atomic mass is 10.0. The van der Waals surface area contributed by atoms with Gasteiger partial charge in [-0.3, -0.25) is 14.4 Å². The van der Waals surface area contributed by atoms with Crippen LogP contribution < -0.4 is 14.2 Å². The van der Waals surface area contributed by atoms with E-state index < -0.39 is 48.5 Å². The van der Waals surface area contributed by atoms with Crippen molar-refractivity contribution in [2.24, 2.45) is 0 Å². The molecule has 2 aliphatic heterocycles. The normalized spacial score (nSPS) is 21.8. The first kappa shape index (κ1) is 27.4. The second kappa shape index (κ2) is 11.1. The van der Waals surface area contributed by atoms with E-state index in [-0.39, 0.29) is 12.5 Å². The molecule has 3 heterocycles. The van der Waals surface area contributed by atoms with E-state index in [4.69, 9.17) is 23.7 Å². The average Bonchev–Trinajstić information content (AvgIpc) is 3.54. The van der Waals surface area contributed by atoms with E-state index in [2.05, 4.69) is 0 Å². The predicted molar refractivity (Wildman–Crippen MR) is 142 cm³/mol.